The Kier molecular flexibility index (Phi) is 7.10. The van der Waals surface area contributed by atoms with Gasteiger partial charge in [0.1, 0.15) is 18.0 Å². The lowest BCUT2D eigenvalue weighted by atomic mass is 10.0. The third-order valence-corrected chi connectivity index (χ3v) is 6.15. The van der Waals surface area contributed by atoms with Gasteiger partial charge in [0.05, 0.1) is 27.2 Å². The number of ether oxygens (including phenoxy) is 1. The smallest absolute Gasteiger partial charge is 0.131 e. The number of nitrogens with zero attached hydrogens (tertiary/aromatic N) is 2. The van der Waals surface area contributed by atoms with Gasteiger partial charge in [-0.2, -0.15) is 0 Å². The van der Waals surface area contributed by atoms with Gasteiger partial charge >= 0.3 is 0 Å². The van der Waals surface area contributed by atoms with Crippen LogP contribution in [0.4, 0.5) is 0 Å². The Bertz CT molecular complexity index is 889. The van der Waals surface area contributed by atoms with Gasteiger partial charge in [0.15, 0.2) is 0 Å². The van der Waals surface area contributed by atoms with Crippen LogP contribution in [0.25, 0.3) is 0 Å². The summed E-state index contributed by atoms with van der Waals surface area (Å²) in [7, 11) is 4.61. The molecule has 4 nitrogen and oxygen atoms in total. The van der Waals surface area contributed by atoms with E-state index >= 15 is 0 Å². The minimum absolute atomic E-state index is 0.448. The van der Waals surface area contributed by atoms with Crippen LogP contribution >= 0.6 is 0 Å². The van der Waals surface area contributed by atoms with E-state index in [1.807, 2.05) is 13.0 Å². The van der Waals surface area contributed by atoms with Crippen molar-refractivity contribution in [2.75, 3.05) is 40.3 Å². The van der Waals surface area contributed by atoms with E-state index in [1.54, 1.807) is 0 Å². The molecular formula is C26H39N2O2+. The molecule has 1 N–H and O–H groups in total. The Morgan fingerprint density at radius 3 is 2.40 bits per heavy atom. The average Bonchev–Trinajstić information content (AvgIpc) is 2.63. The van der Waals surface area contributed by atoms with Crippen LogP contribution in [0, 0.1) is 27.7 Å². The number of hydrogen-bond acceptors (Lipinski definition) is 3. The Balaban J connectivity index is 1.80. The van der Waals surface area contributed by atoms with E-state index < -0.39 is 0 Å². The van der Waals surface area contributed by atoms with Gasteiger partial charge in [-0.15, -0.1) is 0 Å². The molecule has 0 amide bonds. The topological polar surface area (TPSA) is 32.7 Å². The maximum absolute atomic E-state index is 10.6. The van der Waals surface area contributed by atoms with Crippen molar-refractivity contribution in [2.45, 2.75) is 53.6 Å². The lowest BCUT2D eigenvalue weighted by molar-refractivity contribution is -0.903. The lowest BCUT2D eigenvalue weighted by Gasteiger charge is -2.34. The summed E-state index contributed by atoms with van der Waals surface area (Å²) in [4.78, 5) is 2.50. The Hall–Kier alpha value is -2.04. The summed E-state index contributed by atoms with van der Waals surface area (Å²) >= 11 is 0. The molecule has 4 heteroatoms. The standard InChI is InChI=1S/C26H38N2O2/c1-19-13-21(3)25(29)23(15-19)17-27-9-7-8-12-30-26-22(4)14-20(2)16-24(26)18-28(5,6)11-10-27/h13-16H,7-12,17-18H2,1-6H3/p+1. The summed E-state index contributed by atoms with van der Waals surface area (Å²) in [5, 5.41) is 10.6. The summed E-state index contributed by atoms with van der Waals surface area (Å²) in [6.07, 6.45) is 2.14. The first-order valence-electron chi connectivity index (χ1n) is 11.2. The summed E-state index contributed by atoms with van der Waals surface area (Å²) < 4.78 is 7.19. The van der Waals surface area contributed by atoms with Crippen LogP contribution in [-0.2, 0) is 13.1 Å². The molecule has 0 saturated heterocycles. The predicted octanol–water partition coefficient (Wildman–Crippen LogP) is 4.88. The minimum Gasteiger partial charge on any atom is -0.507 e. The second kappa shape index (κ2) is 9.40. The maximum Gasteiger partial charge on any atom is 0.131 e. The van der Waals surface area contributed by atoms with E-state index in [1.165, 1.54) is 22.3 Å². The predicted molar refractivity (Wildman–Crippen MR) is 124 cm³/mol. The third kappa shape index (κ3) is 5.77. The van der Waals surface area contributed by atoms with Crippen LogP contribution in [0.3, 0.4) is 0 Å². The normalized spacial score (nSPS) is 18.1. The SMILES string of the molecule is Cc1cc(C)c(O)c(CN2CCCCOc3c(C)cc(C)cc3C[N+](C)(C)CC2)c1. The number of aryl methyl sites for hydroxylation is 4. The second-order valence-electron chi connectivity index (χ2n) is 9.81. The quantitative estimate of drug-likeness (QED) is 0.715. The minimum atomic E-state index is 0.448. The van der Waals surface area contributed by atoms with Crippen LogP contribution < -0.4 is 4.74 Å². The zero-order valence-corrected chi connectivity index (χ0v) is 19.7. The number of aromatic hydroxyl groups is 1. The van der Waals surface area contributed by atoms with Crippen LogP contribution in [0.2, 0.25) is 0 Å². The van der Waals surface area contributed by atoms with Crippen molar-refractivity contribution in [3.63, 3.8) is 0 Å². The van der Waals surface area contributed by atoms with Crippen LogP contribution in [0.5, 0.6) is 11.5 Å². The number of benzene rings is 2. The van der Waals surface area contributed by atoms with Gasteiger partial charge in [-0.25, -0.2) is 0 Å². The molecule has 1 aliphatic rings. The first-order chi connectivity index (χ1) is 14.1. The van der Waals surface area contributed by atoms with E-state index in [-0.39, 0.29) is 0 Å². The van der Waals surface area contributed by atoms with Gasteiger partial charge in [0.25, 0.3) is 0 Å². The molecule has 0 saturated carbocycles. The van der Waals surface area contributed by atoms with E-state index in [9.17, 15) is 5.11 Å². The molecule has 164 valence electrons. The maximum atomic E-state index is 10.6. The molecule has 2 aromatic rings. The lowest BCUT2D eigenvalue weighted by Crippen LogP contribution is -2.45. The Labute approximate surface area is 182 Å². The molecule has 0 bridgehead atoms. The molecule has 1 heterocycles. The second-order valence-corrected chi connectivity index (χ2v) is 9.81. The van der Waals surface area contributed by atoms with E-state index in [0.29, 0.717) is 5.75 Å². The first-order valence-corrected chi connectivity index (χ1v) is 11.2. The van der Waals surface area contributed by atoms with Crippen molar-refractivity contribution >= 4 is 0 Å². The number of fused-ring (bicyclic) bond motifs is 1. The Morgan fingerprint density at radius 1 is 0.933 bits per heavy atom. The highest BCUT2D eigenvalue weighted by Crippen LogP contribution is 2.29. The molecule has 0 aromatic heterocycles. The fourth-order valence-electron chi connectivity index (χ4n) is 4.61. The number of rotatable bonds is 2. The first kappa shape index (κ1) is 22.6. The van der Waals surface area contributed by atoms with E-state index in [0.717, 1.165) is 73.5 Å². The fraction of sp³-hybridized carbons (Fsp3) is 0.538. The number of hydrogen-bond donors (Lipinski definition) is 1. The molecular weight excluding hydrogens is 372 g/mol. The van der Waals surface area contributed by atoms with Crippen LogP contribution in [-0.4, -0.2) is 54.8 Å². The van der Waals surface area contributed by atoms with Gasteiger partial charge in [-0.3, -0.25) is 4.90 Å². The summed E-state index contributed by atoms with van der Waals surface area (Å²) in [6.45, 7) is 14.0. The van der Waals surface area contributed by atoms with E-state index in [4.69, 9.17) is 4.74 Å². The van der Waals surface area contributed by atoms with Crippen molar-refractivity contribution in [1.29, 1.82) is 0 Å². The molecule has 30 heavy (non-hydrogen) atoms. The van der Waals surface area contributed by atoms with Crippen molar-refractivity contribution in [2.24, 2.45) is 0 Å². The van der Waals surface area contributed by atoms with Gasteiger partial charge in [-0.1, -0.05) is 29.3 Å². The van der Waals surface area contributed by atoms with Crippen molar-refractivity contribution in [3.8, 4) is 11.5 Å². The third-order valence-electron chi connectivity index (χ3n) is 6.15. The van der Waals surface area contributed by atoms with Crippen LogP contribution in [0.15, 0.2) is 24.3 Å². The molecule has 0 unspecified atom stereocenters. The molecule has 0 spiro atoms. The molecule has 2 aromatic carbocycles. The molecule has 1 aliphatic heterocycles. The summed E-state index contributed by atoms with van der Waals surface area (Å²) in [5.41, 5.74) is 7.07. The van der Waals surface area contributed by atoms with Crippen molar-refractivity contribution in [1.82, 2.24) is 4.90 Å². The zero-order chi connectivity index (χ0) is 21.9. The molecule has 0 atom stereocenters. The number of phenolic OH excluding ortho intramolecular Hbond substituents is 1. The summed E-state index contributed by atoms with van der Waals surface area (Å²) in [6, 6.07) is 8.69. The van der Waals surface area contributed by atoms with Crippen molar-refractivity contribution < 1.29 is 14.3 Å². The van der Waals surface area contributed by atoms with Gasteiger partial charge in [-0.05, 0) is 64.3 Å². The Morgan fingerprint density at radius 2 is 1.63 bits per heavy atom. The van der Waals surface area contributed by atoms with E-state index in [2.05, 4.69) is 58.0 Å². The van der Waals surface area contributed by atoms with Crippen molar-refractivity contribution in [3.05, 3.63) is 57.6 Å². The molecule has 0 radical (unpaired) electrons. The highest BCUT2D eigenvalue weighted by Gasteiger charge is 2.23. The van der Waals surface area contributed by atoms with Gasteiger partial charge in [0.2, 0.25) is 0 Å². The molecule has 0 fully saturated rings. The highest BCUT2D eigenvalue weighted by molar-refractivity contribution is 5.44. The number of quaternary nitrogens is 1. The van der Waals surface area contributed by atoms with Gasteiger partial charge in [0, 0.05) is 24.2 Å². The highest BCUT2D eigenvalue weighted by atomic mass is 16.5. The largest absolute Gasteiger partial charge is 0.507 e. The molecule has 0 aliphatic carbocycles. The molecule has 3 rings (SSSR count). The number of likely N-dealkylation sites (N-methyl/N-ethyl adjacent to an activating group) is 1. The van der Waals surface area contributed by atoms with Crippen LogP contribution in [0.1, 0.15) is 46.2 Å². The summed E-state index contributed by atoms with van der Waals surface area (Å²) in [5.74, 6) is 1.54. The fourth-order valence-corrected chi connectivity index (χ4v) is 4.61. The number of phenols is 1. The average molecular weight is 412 g/mol. The van der Waals surface area contributed by atoms with Gasteiger partial charge < -0.3 is 14.3 Å². The zero-order valence-electron chi connectivity index (χ0n) is 19.7. The monoisotopic (exact) mass is 411 g/mol.